The van der Waals surface area contributed by atoms with Gasteiger partial charge in [0, 0.05) is 37.2 Å². The minimum Gasteiger partial charge on any atom is -0.449 e. The Morgan fingerprint density at radius 2 is 1.47 bits per heavy atom. The zero-order valence-corrected chi connectivity index (χ0v) is 25.5. The van der Waals surface area contributed by atoms with Gasteiger partial charge in [-0.05, 0) is 74.4 Å². The Balaban J connectivity index is 1.31. The van der Waals surface area contributed by atoms with E-state index >= 15 is 0 Å². The van der Waals surface area contributed by atoms with Gasteiger partial charge < -0.3 is 30.2 Å². The van der Waals surface area contributed by atoms with Crippen LogP contribution >= 0.6 is 0 Å². The van der Waals surface area contributed by atoms with Crippen molar-refractivity contribution in [3.05, 3.63) is 94.0 Å². The Morgan fingerprint density at radius 1 is 0.844 bits per heavy atom. The number of benzene rings is 3. The van der Waals surface area contributed by atoms with Gasteiger partial charge in [0.05, 0.1) is 4.92 Å². The second-order valence-electron chi connectivity index (χ2n) is 11.6. The van der Waals surface area contributed by atoms with Crippen LogP contribution in [0.5, 0.6) is 5.75 Å². The summed E-state index contributed by atoms with van der Waals surface area (Å²) in [5, 5.41) is 19.0. The van der Waals surface area contributed by atoms with Gasteiger partial charge in [0.25, 0.3) is 5.69 Å². The molecule has 45 heavy (non-hydrogen) atoms. The topological polar surface area (TPSA) is 158 Å². The first-order valence-electron chi connectivity index (χ1n) is 14.8. The van der Waals surface area contributed by atoms with Crippen LogP contribution < -0.4 is 20.7 Å². The molecule has 0 radical (unpaired) electrons. The molecule has 3 aromatic rings. The highest BCUT2D eigenvalue weighted by Gasteiger charge is 2.29. The highest BCUT2D eigenvalue weighted by Crippen LogP contribution is 2.44. The molecule has 1 aliphatic carbocycles. The van der Waals surface area contributed by atoms with E-state index < -0.39 is 34.8 Å². The molecule has 0 fully saturated rings. The number of alkyl carbamates (subject to hydrolysis) is 2. The number of amides is 3. The van der Waals surface area contributed by atoms with E-state index in [1.165, 1.54) is 24.3 Å². The average Bonchev–Trinajstić information content (AvgIpc) is 3.31. The second kappa shape index (κ2) is 15.0. The lowest BCUT2D eigenvalue weighted by molar-refractivity contribution is -0.384. The molecule has 0 saturated heterocycles. The van der Waals surface area contributed by atoms with Crippen LogP contribution in [0, 0.1) is 10.1 Å². The fourth-order valence-corrected chi connectivity index (χ4v) is 5.04. The largest absolute Gasteiger partial charge is 0.449 e. The van der Waals surface area contributed by atoms with Crippen molar-refractivity contribution in [2.45, 2.75) is 57.6 Å². The van der Waals surface area contributed by atoms with Crippen LogP contribution in [0.25, 0.3) is 11.1 Å². The molecule has 0 spiro atoms. The Labute approximate surface area is 261 Å². The van der Waals surface area contributed by atoms with Gasteiger partial charge in [-0.1, -0.05) is 48.5 Å². The van der Waals surface area contributed by atoms with Crippen LogP contribution in [0.2, 0.25) is 0 Å². The number of fused-ring (bicyclic) bond motifs is 3. The zero-order chi connectivity index (χ0) is 32.4. The van der Waals surface area contributed by atoms with Crippen LogP contribution in [-0.4, -0.2) is 54.5 Å². The third kappa shape index (κ3) is 9.68. The lowest BCUT2D eigenvalue weighted by Crippen LogP contribution is -2.44. The zero-order valence-electron chi connectivity index (χ0n) is 25.5. The minimum absolute atomic E-state index is 0.0372. The van der Waals surface area contributed by atoms with Crippen molar-refractivity contribution in [3.8, 4) is 16.9 Å². The van der Waals surface area contributed by atoms with Crippen molar-refractivity contribution in [1.82, 2.24) is 16.0 Å². The fourth-order valence-electron chi connectivity index (χ4n) is 5.04. The maximum absolute atomic E-state index is 13.0. The molecule has 0 unspecified atom stereocenters. The Morgan fingerprint density at radius 3 is 2.07 bits per heavy atom. The number of nitro groups is 1. The maximum atomic E-state index is 13.0. The van der Waals surface area contributed by atoms with Crippen molar-refractivity contribution in [2.75, 3.05) is 19.7 Å². The molecule has 3 aromatic carbocycles. The molecule has 12 heteroatoms. The number of non-ortho nitro benzene ring substituents is 1. The van der Waals surface area contributed by atoms with Gasteiger partial charge in [-0.3, -0.25) is 10.1 Å². The molecule has 4 rings (SSSR count). The highest BCUT2D eigenvalue weighted by atomic mass is 16.6. The Bertz CT molecular complexity index is 1460. The van der Waals surface area contributed by atoms with E-state index in [-0.39, 0.29) is 30.5 Å². The van der Waals surface area contributed by atoms with Crippen LogP contribution in [0.4, 0.5) is 20.1 Å². The molecule has 0 heterocycles. The number of hydrogen-bond donors (Lipinski definition) is 3. The number of ether oxygens (including phenoxy) is 3. The van der Waals surface area contributed by atoms with Gasteiger partial charge in [-0.15, -0.1) is 0 Å². The van der Waals surface area contributed by atoms with Crippen LogP contribution in [0.3, 0.4) is 0 Å². The first-order chi connectivity index (χ1) is 21.5. The van der Waals surface area contributed by atoms with Crippen molar-refractivity contribution < 1.29 is 33.5 Å². The molecule has 1 aliphatic rings. The molecule has 238 valence electrons. The average molecular weight is 619 g/mol. The highest BCUT2D eigenvalue weighted by molar-refractivity contribution is 5.79. The van der Waals surface area contributed by atoms with Gasteiger partial charge in [-0.2, -0.15) is 0 Å². The van der Waals surface area contributed by atoms with Gasteiger partial charge in [-0.25, -0.2) is 14.4 Å². The van der Waals surface area contributed by atoms with Crippen molar-refractivity contribution in [3.63, 3.8) is 0 Å². The van der Waals surface area contributed by atoms with E-state index in [9.17, 15) is 24.5 Å². The van der Waals surface area contributed by atoms with Gasteiger partial charge in [0.15, 0.2) is 0 Å². The van der Waals surface area contributed by atoms with E-state index in [0.717, 1.165) is 22.3 Å². The van der Waals surface area contributed by atoms with E-state index in [0.29, 0.717) is 25.8 Å². The summed E-state index contributed by atoms with van der Waals surface area (Å²) in [6.07, 6.45) is -0.225. The first-order valence-corrected chi connectivity index (χ1v) is 14.8. The Kier molecular flexibility index (Phi) is 11.0. The van der Waals surface area contributed by atoms with Crippen LogP contribution in [0.15, 0.2) is 72.8 Å². The van der Waals surface area contributed by atoms with Crippen molar-refractivity contribution >= 4 is 24.0 Å². The second-order valence-corrected chi connectivity index (χ2v) is 11.6. The summed E-state index contributed by atoms with van der Waals surface area (Å²) in [7, 11) is 0. The number of rotatable bonds is 12. The Hall–Kier alpha value is -5.13. The summed E-state index contributed by atoms with van der Waals surface area (Å²) in [5.41, 5.74) is 3.70. The van der Waals surface area contributed by atoms with Gasteiger partial charge in [0.2, 0.25) is 0 Å². The molecule has 0 bridgehead atoms. The first kappa shape index (κ1) is 32.8. The van der Waals surface area contributed by atoms with Crippen LogP contribution in [-0.2, 0) is 9.47 Å². The summed E-state index contributed by atoms with van der Waals surface area (Å²) in [4.78, 5) is 47.6. The minimum atomic E-state index is -0.783. The van der Waals surface area contributed by atoms with E-state index in [4.69, 9.17) is 14.2 Å². The summed E-state index contributed by atoms with van der Waals surface area (Å²) >= 11 is 0. The summed E-state index contributed by atoms with van der Waals surface area (Å²) < 4.78 is 16.1. The number of nitrogens with one attached hydrogen (secondary N) is 3. The number of unbranched alkanes of at least 4 members (excludes halogenated alkanes) is 1. The molecule has 0 aliphatic heterocycles. The number of carbonyl (C=O) groups is 3. The molecule has 3 amide bonds. The molecule has 0 aromatic heterocycles. The fraction of sp³-hybridized carbons (Fsp3) is 0.364. The van der Waals surface area contributed by atoms with Gasteiger partial charge >= 0.3 is 18.3 Å². The standard InChI is InChI=1S/C33H38N4O8/c1-33(2,3)45-31(39)34-19-9-8-10-22(20-35-30(38)44-24-17-15-23(16-18-24)37(41)42)36-32(40)43-21-29-27-13-6-4-11-25(27)26-12-5-7-14-28(26)29/h4-7,11-18,22,29H,8-10,19-21H2,1-3H3,(H,34,39)(H,35,38)(H,36,40)/t22-/m0/s1. The summed E-state index contributed by atoms with van der Waals surface area (Å²) in [6, 6.07) is 20.7. The van der Waals surface area contributed by atoms with Crippen LogP contribution in [0.1, 0.15) is 57.1 Å². The molecule has 0 saturated carbocycles. The predicted molar refractivity (Wildman–Crippen MR) is 167 cm³/mol. The number of hydrogen-bond acceptors (Lipinski definition) is 8. The van der Waals surface area contributed by atoms with E-state index in [2.05, 4.69) is 28.1 Å². The lowest BCUT2D eigenvalue weighted by Gasteiger charge is -2.21. The van der Waals surface area contributed by atoms with Crippen molar-refractivity contribution in [1.29, 1.82) is 0 Å². The van der Waals surface area contributed by atoms with Gasteiger partial charge in [0.1, 0.15) is 18.0 Å². The molecule has 3 N–H and O–H groups in total. The lowest BCUT2D eigenvalue weighted by atomic mass is 9.98. The molecular formula is C33H38N4O8. The van der Waals surface area contributed by atoms with Crippen molar-refractivity contribution in [2.24, 2.45) is 0 Å². The third-order valence-electron chi connectivity index (χ3n) is 7.06. The molecular weight excluding hydrogens is 580 g/mol. The quantitative estimate of drug-likeness (QED) is 0.121. The SMILES string of the molecule is CC(C)(C)OC(=O)NCCCC[C@@H](CNC(=O)Oc1ccc([N+](=O)[O-])cc1)NC(=O)OCC1c2ccccc2-c2ccccc21. The molecule has 1 atom stereocenters. The number of nitro benzene ring substituents is 1. The summed E-state index contributed by atoms with van der Waals surface area (Å²) in [5.74, 6) is 0.0303. The normalized spacial score (nSPS) is 12.7. The van der Waals surface area contributed by atoms with E-state index in [1.807, 2.05) is 36.4 Å². The molecule has 12 nitrogen and oxygen atoms in total. The maximum Gasteiger partial charge on any atom is 0.412 e. The van der Waals surface area contributed by atoms with E-state index in [1.54, 1.807) is 20.8 Å². The predicted octanol–water partition coefficient (Wildman–Crippen LogP) is 6.29. The number of carbonyl (C=O) groups excluding carboxylic acids is 3. The summed E-state index contributed by atoms with van der Waals surface area (Å²) in [6.45, 7) is 5.91. The number of nitrogens with zero attached hydrogens (tertiary/aromatic N) is 1. The smallest absolute Gasteiger partial charge is 0.412 e. The third-order valence-corrected chi connectivity index (χ3v) is 7.06. The monoisotopic (exact) mass is 618 g/mol.